The van der Waals surface area contributed by atoms with Gasteiger partial charge < -0.3 is 14.7 Å². The van der Waals surface area contributed by atoms with Gasteiger partial charge in [-0.15, -0.1) is 0 Å². The Bertz CT molecular complexity index is 1190. The second-order valence-electron chi connectivity index (χ2n) is 11.6. The molecule has 2 aliphatic carbocycles. The number of aliphatic imine (C=N–C) groups is 1. The fourth-order valence-corrected chi connectivity index (χ4v) is 6.10. The molecule has 8 nitrogen and oxygen atoms in total. The van der Waals surface area contributed by atoms with E-state index >= 15 is 0 Å². The quantitative estimate of drug-likeness (QED) is 0.611. The Hall–Kier alpha value is -2.52. The zero-order valence-corrected chi connectivity index (χ0v) is 23.3. The number of hydrogen-bond acceptors (Lipinski definition) is 8. The van der Waals surface area contributed by atoms with Crippen LogP contribution in [0.2, 0.25) is 0 Å². The summed E-state index contributed by atoms with van der Waals surface area (Å²) in [5.41, 5.74) is 7.81. The summed E-state index contributed by atoms with van der Waals surface area (Å²) in [5.74, 6) is 0.118. The Balaban J connectivity index is 1.27. The predicted octanol–water partition coefficient (Wildman–Crippen LogP) is 2.81. The zero-order valence-electron chi connectivity index (χ0n) is 23.3. The molecule has 0 N–H and O–H groups in total. The minimum atomic E-state index is -0.0149. The van der Waals surface area contributed by atoms with Crippen LogP contribution in [0.3, 0.4) is 0 Å². The molecule has 2 unspecified atom stereocenters. The van der Waals surface area contributed by atoms with Crippen molar-refractivity contribution in [3.63, 3.8) is 0 Å². The summed E-state index contributed by atoms with van der Waals surface area (Å²) in [4.78, 5) is 30.5. The van der Waals surface area contributed by atoms with Crippen LogP contribution in [0, 0.1) is 0 Å². The van der Waals surface area contributed by atoms with Gasteiger partial charge in [0.15, 0.2) is 0 Å². The first kappa shape index (κ1) is 25.7. The molecule has 6 rings (SSSR count). The van der Waals surface area contributed by atoms with Crippen LogP contribution in [-0.4, -0.2) is 114 Å². The van der Waals surface area contributed by atoms with Crippen molar-refractivity contribution in [3.05, 3.63) is 52.8 Å². The van der Waals surface area contributed by atoms with E-state index < -0.39 is 0 Å². The van der Waals surface area contributed by atoms with E-state index in [4.69, 9.17) is 19.9 Å². The highest BCUT2D eigenvalue weighted by Crippen LogP contribution is 2.47. The Morgan fingerprint density at radius 2 is 1.37 bits per heavy atom. The average Bonchev–Trinajstić information content (AvgIpc) is 2.95. The van der Waals surface area contributed by atoms with Gasteiger partial charge in [-0.25, -0.2) is 4.98 Å². The Morgan fingerprint density at radius 3 is 2.05 bits per heavy atom. The molecular formula is C30H42N8. The molecule has 0 amide bonds. The number of hydrogen-bond donors (Lipinski definition) is 0. The van der Waals surface area contributed by atoms with Gasteiger partial charge in [0.05, 0.1) is 34.2 Å². The van der Waals surface area contributed by atoms with E-state index in [2.05, 4.69) is 65.0 Å². The summed E-state index contributed by atoms with van der Waals surface area (Å²) < 4.78 is 0. The fraction of sp³-hybridized carbons (Fsp3) is 0.600. The first-order valence-electron chi connectivity index (χ1n) is 14.4. The smallest absolute Gasteiger partial charge is 0.104 e. The second-order valence-corrected chi connectivity index (χ2v) is 11.6. The maximum Gasteiger partial charge on any atom is 0.104 e. The Morgan fingerprint density at radius 1 is 0.737 bits per heavy atom. The van der Waals surface area contributed by atoms with E-state index in [-0.39, 0.29) is 12.0 Å². The molecule has 0 radical (unpaired) electrons. The number of likely N-dealkylation sites (N-methyl/N-ethyl adjacent to an activating group) is 3. The molecule has 2 aromatic rings. The number of aryl methyl sites for hydroxylation is 2. The molecule has 4 heterocycles. The van der Waals surface area contributed by atoms with Crippen molar-refractivity contribution in [2.45, 2.75) is 44.2 Å². The zero-order chi connectivity index (χ0) is 26.1. The highest BCUT2D eigenvalue weighted by atomic mass is 15.2. The van der Waals surface area contributed by atoms with Crippen molar-refractivity contribution in [2.24, 2.45) is 4.99 Å². The summed E-state index contributed by atoms with van der Waals surface area (Å²) in [6, 6.07) is 4.44. The van der Waals surface area contributed by atoms with Crippen LogP contribution in [0.1, 0.15) is 53.3 Å². The number of pyridine rings is 1. The molecule has 202 valence electrons. The van der Waals surface area contributed by atoms with E-state index in [1.807, 2.05) is 6.21 Å². The average molecular weight is 515 g/mol. The number of nitrogens with zero attached hydrogens (tertiary/aromatic N) is 8. The summed E-state index contributed by atoms with van der Waals surface area (Å²) in [6.45, 7) is 9.50. The van der Waals surface area contributed by atoms with Crippen molar-refractivity contribution in [2.75, 3.05) is 73.5 Å². The van der Waals surface area contributed by atoms with Gasteiger partial charge in [-0.3, -0.25) is 19.9 Å². The summed E-state index contributed by atoms with van der Waals surface area (Å²) >= 11 is 0. The SMILES string of the molecule is CN1CCN(C)CCN(Cc2ccc3c(n2)C2N=CC=CC2c2nc4c(nc2-3)CCCC4)CCN(C)CC1. The van der Waals surface area contributed by atoms with E-state index in [0.29, 0.717) is 0 Å². The topological polar surface area (TPSA) is 64.0 Å². The van der Waals surface area contributed by atoms with Crippen molar-refractivity contribution in [1.29, 1.82) is 0 Å². The molecule has 2 aliphatic heterocycles. The van der Waals surface area contributed by atoms with Crippen LogP contribution >= 0.6 is 0 Å². The molecule has 2 aromatic heterocycles. The number of fused-ring (bicyclic) bond motifs is 7. The maximum atomic E-state index is 5.29. The van der Waals surface area contributed by atoms with Crippen molar-refractivity contribution >= 4 is 6.21 Å². The summed E-state index contributed by atoms with van der Waals surface area (Å²) in [6.07, 6.45) is 10.7. The minimum absolute atomic E-state index is 0.0149. The normalized spacial score (nSPS) is 25.6. The molecule has 0 spiro atoms. The largest absolute Gasteiger partial charge is 0.304 e. The van der Waals surface area contributed by atoms with Gasteiger partial charge >= 0.3 is 0 Å². The highest BCUT2D eigenvalue weighted by molar-refractivity contribution is 5.77. The van der Waals surface area contributed by atoms with Crippen LogP contribution in [0.15, 0.2) is 29.3 Å². The Kier molecular flexibility index (Phi) is 7.66. The van der Waals surface area contributed by atoms with Crippen LogP contribution < -0.4 is 0 Å². The van der Waals surface area contributed by atoms with Gasteiger partial charge in [0, 0.05) is 76.6 Å². The first-order chi connectivity index (χ1) is 18.5. The molecular weight excluding hydrogens is 472 g/mol. The number of aromatic nitrogens is 3. The van der Waals surface area contributed by atoms with Gasteiger partial charge in [-0.05, 0) is 65.0 Å². The molecule has 0 saturated carbocycles. The third-order valence-corrected chi connectivity index (χ3v) is 8.69. The molecule has 2 atom stereocenters. The van der Waals surface area contributed by atoms with Crippen molar-refractivity contribution in [1.82, 2.24) is 34.6 Å². The monoisotopic (exact) mass is 514 g/mol. The lowest BCUT2D eigenvalue weighted by atomic mass is 9.81. The predicted molar refractivity (Wildman–Crippen MR) is 153 cm³/mol. The molecule has 1 fully saturated rings. The molecule has 8 heteroatoms. The lowest BCUT2D eigenvalue weighted by Crippen LogP contribution is -2.43. The van der Waals surface area contributed by atoms with E-state index in [1.54, 1.807) is 0 Å². The van der Waals surface area contributed by atoms with Crippen molar-refractivity contribution < 1.29 is 0 Å². The first-order valence-corrected chi connectivity index (χ1v) is 14.4. The van der Waals surface area contributed by atoms with Gasteiger partial charge in [0.1, 0.15) is 6.04 Å². The number of allylic oxidation sites excluding steroid dienone is 1. The fourth-order valence-electron chi connectivity index (χ4n) is 6.10. The lowest BCUT2D eigenvalue weighted by molar-refractivity contribution is 0.161. The lowest BCUT2D eigenvalue weighted by Gasteiger charge is -2.33. The van der Waals surface area contributed by atoms with Crippen LogP contribution in [0.5, 0.6) is 0 Å². The maximum absolute atomic E-state index is 5.29. The number of dihydropyridines is 1. The van der Waals surface area contributed by atoms with Crippen molar-refractivity contribution in [3.8, 4) is 11.3 Å². The molecule has 38 heavy (non-hydrogen) atoms. The minimum Gasteiger partial charge on any atom is -0.304 e. The third kappa shape index (κ3) is 5.45. The summed E-state index contributed by atoms with van der Waals surface area (Å²) in [5, 5.41) is 0. The second kappa shape index (κ2) is 11.3. The van der Waals surface area contributed by atoms with Gasteiger partial charge in [0.2, 0.25) is 0 Å². The van der Waals surface area contributed by atoms with Crippen LogP contribution in [0.4, 0.5) is 0 Å². The van der Waals surface area contributed by atoms with Gasteiger partial charge in [0.25, 0.3) is 0 Å². The highest BCUT2D eigenvalue weighted by Gasteiger charge is 2.37. The third-order valence-electron chi connectivity index (χ3n) is 8.69. The van der Waals surface area contributed by atoms with Crippen LogP contribution in [-0.2, 0) is 19.4 Å². The molecule has 4 aliphatic rings. The standard InChI is InChI=1S/C30H42N8/c1-35-13-15-36(2)17-19-38(20-18-37(3)16-14-35)21-22-10-11-24-28(32-22)27-23(7-6-12-31-27)29-30(24)34-26-9-5-4-8-25(26)33-29/h6-7,10-12,23,27H,4-5,8-9,13-21H2,1-3H3. The Labute approximate surface area is 227 Å². The molecule has 1 saturated heterocycles. The van der Waals surface area contributed by atoms with Gasteiger partial charge in [-0.1, -0.05) is 6.08 Å². The van der Waals surface area contributed by atoms with E-state index in [9.17, 15) is 0 Å². The summed E-state index contributed by atoms with van der Waals surface area (Å²) in [7, 11) is 6.72. The van der Waals surface area contributed by atoms with E-state index in [1.165, 1.54) is 24.2 Å². The van der Waals surface area contributed by atoms with Crippen LogP contribution in [0.25, 0.3) is 11.3 Å². The van der Waals surface area contributed by atoms with Gasteiger partial charge in [-0.2, -0.15) is 0 Å². The van der Waals surface area contributed by atoms with E-state index in [0.717, 1.165) is 100 Å². The number of rotatable bonds is 2. The molecule has 0 aromatic carbocycles. The molecule has 0 bridgehead atoms.